The summed E-state index contributed by atoms with van der Waals surface area (Å²) in [6.45, 7) is 0.558. The first-order valence-corrected chi connectivity index (χ1v) is 7.40. The summed E-state index contributed by atoms with van der Waals surface area (Å²) < 4.78 is 7.01. The van der Waals surface area contributed by atoms with Crippen molar-refractivity contribution in [2.24, 2.45) is 0 Å². The highest BCUT2D eigenvalue weighted by Gasteiger charge is 2.11. The van der Waals surface area contributed by atoms with Gasteiger partial charge in [-0.3, -0.25) is 0 Å². The standard InChI is InChI=1S/C15H16ClN5O2/c1-23-11-5-9(2-3-22)4-10(6-11)8-21-14-12(7-18-21)13(17)19-15(16)20-14/h4-7,22H,2-3,8H2,1H3,(H2,17,19,20). The van der Waals surface area contributed by atoms with E-state index in [2.05, 4.69) is 15.1 Å². The van der Waals surface area contributed by atoms with Crippen LogP contribution in [0.15, 0.2) is 24.4 Å². The molecule has 0 saturated carbocycles. The van der Waals surface area contributed by atoms with Crippen LogP contribution in [0.1, 0.15) is 11.1 Å². The van der Waals surface area contributed by atoms with Gasteiger partial charge in [0.25, 0.3) is 0 Å². The minimum absolute atomic E-state index is 0.0800. The predicted octanol–water partition coefficient (Wildman–Crippen LogP) is 1.65. The summed E-state index contributed by atoms with van der Waals surface area (Å²) in [7, 11) is 1.61. The Labute approximate surface area is 137 Å². The Bertz CT molecular complexity index is 849. The first-order chi connectivity index (χ1) is 11.1. The minimum atomic E-state index is 0.0800. The van der Waals surface area contributed by atoms with E-state index < -0.39 is 0 Å². The molecular weight excluding hydrogens is 318 g/mol. The zero-order valence-corrected chi connectivity index (χ0v) is 13.3. The molecule has 0 unspecified atom stereocenters. The largest absolute Gasteiger partial charge is 0.497 e. The normalized spacial score (nSPS) is 11.1. The molecule has 0 saturated heterocycles. The van der Waals surface area contributed by atoms with Crippen LogP contribution in [0.3, 0.4) is 0 Å². The molecule has 0 aliphatic rings. The second kappa shape index (κ2) is 6.39. The monoisotopic (exact) mass is 333 g/mol. The summed E-state index contributed by atoms with van der Waals surface area (Å²) in [6.07, 6.45) is 2.18. The van der Waals surface area contributed by atoms with Gasteiger partial charge in [0.15, 0.2) is 5.65 Å². The van der Waals surface area contributed by atoms with Crippen LogP contribution in [0, 0.1) is 0 Å². The third kappa shape index (κ3) is 3.20. The molecule has 1 aromatic carbocycles. The summed E-state index contributed by atoms with van der Waals surface area (Å²) in [5.74, 6) is 1.03. The number of fused-ring (bicyclic) bond motifs is 1. The Morgan fingerprint density at radius 3 is 2.78 bits per heavy atom. The van der Waals surface area contributed by atoms with Crippen molar-refractivity contribution < 1.29 is 9.84 Å². The molecule has 8 heteroatoms. The lowest BCUT2D eigenvalue weighted by Gasteiger charge is -2.09. The molecule has 0 spiro atoms. The number of rotatable bonds is 5. The van der Waals surface area contributed by atoms with E-state index in [0.29, 0.717) is 29.8 Å². The number of aromatic nitrogens is 4. The molecule has 2 aromatic heterocycles. The Morgan fingerprint density at radius 1 is 1.26 bits per heavy atom. The number of aliphatic hydroxyl groups is 1. The molecule has 0 amide bonds. The summed E-state index contributed by atoms with van der Waals surface area (Å²) in [4.78, 5) is 8.12. The fourth-order valence-corrected chi connectivity index (χ4v) is 2.62. The van der Waals surface area contributed by atoms with Crippen LogP contribution in [-0.2, 0) is 13.0 Å². The van der Waals surface area contributed by atoms with Gasteiger partial charge in [-0.1, -0.05) is 6.07 Å². The van der Waals surface area contributed by atoms with Crippen molar-refractivity contribution in [3.05, 3.63) is 40.8 Å². The number of nitrogens with two attached hydrogens (primary N) is 1. The summed E-state index contributed by atoms with van der Waals surface area (Å²) in [6, 6.07) is 5.82. The topological polar surface area (TPSA) is 99.1 Å². The van der Waals surface area contributed by atoms with Gasteiger partial charge in [0.1, 0.15) is 11.6 Å². The van der Waals surface area contributed by atoms with E-state index >= 15 is 0 Å². The first kappa shape index (κ1) is 15.5. The van der Waals surface area contributed by atoms with Crippen molar-refractivity contribution in [1.82, 2.24) is 19.7 Å². The van der Waals surface area contributed by atoms with Crippen LogP contribution in [0.4, 0.5) is 5.82 Å². The molecule has 23 heavy (non-hydrogen) atoms. The van der Waals surface area contributed by atoms with Crippen molar-refractivity contribution in [1.29, 1.82) is 0 Å². The van der Waals surface area contributed by atoms with Gasteiger partial charge in [-0.15, -0.1) is 0 Å². The van der Waals surface area contributed by atoms with Crippen LogP contribution in [0.25, 0.3) is 11.0 Å². The summed E-state index contributed by atoms with van der Waals surface area (Å²) in [5.41, 5.74) is 8.38. The van der Waals surface area contributed by atoms with E-state index in [9.17, 15) is 0 Å². The molecule has 0 radical (unpaired) electrons. The molecule has 2 heterocycles. The molecule has 0 bridgehead atoms. The Hall–Kier alpha value is -2.38. The van der Waals surface area contributed by atoms with Crippen molar-refractivity contribution in [3.63, 3.8) is 0 Å². The zero-order chi connectivity index (χ0) is 16.4. The molecule has 120 valence electrons. The van der Waals surface area contributed by atoms with Gasteiger partial charge in [-0.25, -0.2) is 9.67 Å². The Balaban J connectivity index is 2.00. The van der Waals surface area contributed by atoms with E-state index in [4.69, 9.17) is 27.2 Å². The summed E-state index contributed by atoms with van der Waals surface area (Å²) in [5, 5.41) is 14.2. The van der Waals surface area contributed by atoms with Crippen molar-refractivity contribution >= 4 is 28.5 Å². The number of ether oxygens (including phenoxy) is 1. The number of benzene rings is 1. The van der Waals surface area contributed by atoms with Crippen LogP contribution in [0.5, 0.6) is 5.75 Å². The average molecular weight is 334 g/mol. The maximum Gasteiger partial charge on any atom is 0.226 e. The fraction of sp³-hybridized carbons (Fsp3) is 0.267. The van der Waals surface area contributed by atoms with E-state index in [1.54, 1.807) is 18.0 Å². The lowest BCUT2D eigenvalue weighted by atomic mass is 10.1. The van der Waals surface area contributed by atoms with Gasteiger partial charge in [0.2, 0.25) is 5.28 Å². The van der Waals surface area contributed by atoms with Crippen LogP contribution in [0.2, 0.25) is 5.28 Å². The van der Waals surface area contributed by atoms with E-state index in [1.807, 2.05) is 18.2 Å². The smallest absolute Gasteiger partial charge is 0.226 e. The summed E-state index contributed by atoms with van der Waals surface area (Å²) >= 11 is 5.88. The first-order valence-electron chi connectivity index (χ1n) is 7.03. The molecule has 3 aromatic rings. The van der Waals surface area contributed by atoms with Crippen LogP contribution < -0.4 is 10.5 Å². The fourth-order valence-electron chi connectivity index (χ4n) is 2.45. The van der Waals surface area contributed by atoms with Gasteiger partial charge in [-0.05, 0) is 41.3 Å². The predicted molar refractivity (Wildman–Crippen MR) is 87.6 cm³/mol. The average Bonchev–Trinajstić information content (AvgIpc) is 2.90. The minimum Gasteiger partial charge on any atom is -0.497 e. The molecule has 0 atom stereocenters. The van der Waals surface area contributed by atoms with Crippen LogP contribution >= 0.6 is 11.6 Å². The van der Waals surface area contributed by atoms with Crippen LogP contribution in [-0.4, -0.2) is 38.6 Å². The highest BCUT2D eigenvalue weighted by Crippen LogP contribution is 2.22. The number of hydrogen-bond donors (Lipinski definition) is 2. The van der Waals surface area contributed by atoms with Crippen molar-refractivity contribution in [2.45, 2.75) is 13.0 Å². The number of hydrogen-bond acceptors (Lipinski definition) is 6. The molecule has 3 N–H and O–H groups in total. The quantitative estimate of drug-likeness (QED) is 0.689. The SMILES string of the molecule is COc1cc(CCO)cc(Cn2ncc3c(N)nc(Cl)nc32)c1. The maximum absolute atomic E-state index is 9.13. The van der Waals surface area contributed by atoms with E-state index in [1.165, 1.54) is 0 Å². The molecular formula is C15H16ClN5O2. The maximum atomic E-state index is 9.13. The highest BCUT2D eigenvalue weighted by molar-refractivity contribution is 6.28. The number of aliphatic hydroxyl groups excluding tert-OH is 1. The van der Waals surface area contributed by atoms with Gasteiger partial charge >= 0.3 is 0 Å². The second-order valence-corrected chi connectivity index (χ2v) is 5.42. The molecule has 0 fully saturated rings. The lowest BCUT2D eigenvalue weighted by molar-refractivity contribution is 0.299. The van der Waals surface area contributed by atoms with Gasteiger partial charge in [0, 0.05) is 6.61 Å². The van der Waals surface area contributed by atoms with E-state index in [-0.39, 0.29) is 11.9 Å². The number of nitrogen functional groups attached to an aromatic ring is 1. The van der Waals surface area contributed by atoms with Crippen molar-refractivity contribution in [3.8, 4) is 5.75 Å². The highest BCUT2D eigenvalue weighted by atomic mass is 35.5. The number of nitrogens with zero attached hydrogens (tertiary/aromatic N) is 4. The Kier molecular flexibility index (Phi) is 4.31. The third-order valence-corrected chi connectivity index (χ3v) is 3.66. The number of halogens is 1. The number of methoxy groups -OCH3 is 1. The van der Waals surface area contributed by atoms with Gasteiger partial charge in [0.05, 0.1) is 25.2 Å². The molecule has 7 nitrogen and oxygen atoms in total. The molecule has 0 aliphatic carbocycles. The van der Waals surface area contributed by atoms with Gasteiger partial charge < -0.3 is 15.6 Å². The zero-order valence-electron chi connectivity index (χ0n) is 12.5. The molecule has 0 aliphatic heterocycles. The third-order valence-electron chi connectivity index (χ3n) is 3.49. The second-order valence-electron chi connectivity index (χ2n) is 5.08. The van der Waals surface area contributed by atoms with Gasteiger partial charge in [-0.2, -0.15) is 10.1 Å². The van der Waals surface area contributed by atoms with Crippen molar-refractivity contribution in [2.75, 3.05) is 19.5 Å². The number of anilines is 1. The molecule has 3 rings (SSSR count). The van der Waals surface area contributed by atoms with E-state index in [0.717, 1.165) is 16.9 Å². The Morgan fingerprint density at radius 2 is 2.04 bits per heavy atom. The lowest BCUT2D eigenvalue weighted by Crippen LogP contribution is -2.05.